The van der Waals surface area contributed by atoms with Crippen LogP contribution in [0, 0.1) is 0 Å². The van der Waals surface area contributed by atoms with E-state index in [1.165, 1.54) is 12.8 Å². The van der Waals surface area contributed by atoms with Crippen LogP contribution in [-0.2, 0) is 9.53 Å². The van der Waals surface area contributed by atoms with Crippen molar-refractivity contribution in [1.82, 2.24) is 19.6 Å². The van der Waals surface area contributed by atoms with Gasteiger partial charge >= 0.3 is 5.97 Å². The Morgan fingerprint density at radius 1 is 0.949 bits per heavy atom. The number of unbranched alkanes of at least 4 members (excludes halogenated alkanes) is 1. The van der Waals surface area contributed by atoms with Crippen LogP contribution < -0.4 is 0 Å². The van der Waals surface area contributed by atoms with Gasteiger partial charge in [0.25, 0.3) is 5.91 Å². The molecule has 0 bridgehead atoms. The lowest BCUT2D eigenvalue weighted by molar-refractivity contribution is -0.144. The average Bonchev–Trinajstić information content (AvgIpc) is 2.93. The molecule has 1 amide bonds. The van der Waals surface area contributed by atoms with E-state index in [0.717, 1.165) is 37.3 Å². The highest BCUT2D eigenvalue weighted by Gasteiger charge is 2.32. The molecule has 0 spiro atoms. The zero-order valence-electron chi connectivity index (χ0n) is 23.7. The highest BCUT2D eigenvalue weighted by Crippen LogP contribution is 2.34. The van der Waals surface area contributed by atoms with E-state index >= 15 is 0 Å². The Kier molecular flexibility index (Phi) is 10.4. The third-order valence-corrected chi connectivity index (χ3v) is 7.88. The number of esters is 1. The van der Waals surface area contributed by atoms with Crippen molar-refractivity contribution >= 4 is 11.9 Å². The zero-order valence-corrected chi connectivity index (χ0v) is 23.7. The van der Waals surface area contributed by atoms with E-state index < -0.39 is 0 Å². The monoisotopic (exact) mass is 536 g/mol. The lowest BCUT2D eigenvalue weighted by Crippen LogP contribution is -2.53. The SMILES string of the molecule is CCCCN1CCN(C(c2cccc(O)c2)c2cccc(C(=O)N3CCN(CC(=O)OCC)CC3)c2)C(C)C1. The Balaban J connectivity index is 1.51. The lowest BCUT2D eigenvalue weighted by atomic mass is 9.93. The molecule has 2 saturated heterocycles. The fourth-order valence-electron chi connectivity index (χ4n) is 5.81. The van der Waals surface area contributed by atoms with Crippen LogP contribution in [0.3, 0.4) is 0 Å². The molecule has 0 aromatic heterocycles. The van der Waals surface area contributed by atoms with Crippen LogP contribution >= 0.6 is 0 Å². The summed E-state index contributed by atoms with van der Waals surface area (Å²) >= 11 is 0. The Bertz CT molecular complexity index is 1100. The quantitative estimate of drug-likeness (QED) is 0.465. The minimum atomic E-state index is -0.219. The smallest absolute Gasteiger partial charge is 0.320 e. The third kappa shape index (κ3) is 7.59. The molecular formula is C31H44N4O4. The summed E-state index contributed by atoms with van der Waals surface area (Å²) in [6, 6.07) is 15.8. The van der Waals surface area contributed by atoms with E-state index in [1.807, 2.05) is 47.1 Å². The summed E-state index contributed by atoms with van der Waals surface area (Å²) in [6.07, 6.45) is 2.41. The van der Waals surface area contributed by atoms with E-state index in [-0.39, 0.29) is 30.2 Å². The molecule has 39 heavy (non-hydrogen) atoms. The molecule has 8 nitrogen and oxygen atoms in total. The molecule has 4 rings (SSSR count). The Hall–Kier alpha value is -2.94. The van der Waals surface area contributed by atoms with Gasteiger partial charge in [-0.15, -0.1) is 0 Å². The number of hydrogen-bond donors (Lipinski definition) is 1. The van der Waals surface area contributed by atoms with E-state index in [1.54, 1.807) is 6.07 Å². The van der Waals surface area contributed by atoms with Crippen molar-refractivity contribution in [3.05, 3.63) is 65.2 Å². The Morgan fingerprint density at radius 3 is 2.31 bits per heavy atom. The van der Waals surface area contributed by atoms with Gasteiger partial charge < -0.3 is 19.6 Å². The predicted molar refractivity (Wildman–Crippen MR) is 153 cm³/mol. The van der Waals surface area contributed by atoms with Crippen LogP contribution in [0.5, 0.6) is 5.75 Å². The molecule has 2 fully saturated rings. The summed E-state index contributed by atoms with van der Waals surface area (Å²) in [7, 11) is 0. The van der Waals surface area contributed by atoms with Gasteiger partial charge in [-0.2, -0.15) is 0 Å². The van der Waals surface area contributed by atoms with Crippen molar-refractivity contribution in [2.24, 2.45) is 0 Å². The largest absolute Gasteiger partial charge is 0.508 e. The number of ether oxygens (including phenoxy) is 1. The zero-order chi connectivity index (χ0) is 27.8. The number of carbonyl (C=O) groups is 2. The lowest BCUT2D eigenvalue weighted by Gasteiger charge is -2.44. The maximum atomic E-state index is 13.5. The average molecular weight is 537 g/mol. The number of rotatable bonds is 10. The Morgan fingerprint density at radius 2 is 1.64 bits per heavy atom. The van der Waals surface area contributed by atoms with Crippen LogP contribution in [0.25, 0.3) is 0 Å². The molecule has 212 valence electrons. The third-order valence-electron chi connectivity index (χ3n) is 7.88. The van der Waals surface area contributed by atoms with Crippen molar-refractivity contribution in [3.8, 4) is 5.75 Å². The van der Waals surface area contributed by atoms with Crippen LogP contribution in [0.1, 0.15) is 61.1 Å². The second-order valence-corrected chi connectivity index (χ2v) is 10.7. The molecule has 0 radical (unpaired) electrons. The van der Waals surface area contributed by atoms with Crippen molar-refractivity contribution in [2.75, 3.05) is 65.5 Å². The predicted octanol–water partition coefficient (Wildman–Crippen LogP) is 3.61. The first-order valence-electron chi connectivity index (χ1n) is 14.4. The number of aromatic hydroxyl groups is 1. The molecule has 2 atom stereocenters. The van der Waals surface area contributed by atoms with Gasteiger partial charge in [0.05, 0.1) is 19.2 Å². The number of piperazine rings is 2. The van der Waals surface area contributed by atoms with Crippen LogP contribution in [0.4, 0.5) is 0 Å². The van der Waals surface area contributed by atoms with E-state index in [9.17, 15) is 14.7 Å². The minimum absolute atomic E-state index is 0.0136. The van der Waals surface area contributed by atoms with Gasteiger partial charge in [0.2, 0.25) is 0 Å². The standard InChI is InChI=1S/C31H44N4O4/c1-4-6-13-32-16-19-35(24(3)22-32)30(26-10-8-12-28(36)21-26)25-9-7-11-27(20-25)31(38)34-17-14-33(15-18-34)23-29(37)39-5-2/h7-12,20-21,24,30,36H,4-6,13-19,22-23H2,1-3H3. The molecule has 2 aromatic carbocycles. The maximum Gasteiger partial charge on any atom is 0.320 e. The summed E-state index contributed by atoms with van der Waals surface area (Å²) in [5.74, 6) is 0.0442. The van der Waals surface area contributed by atoms with Crippen molar-refractivity contribution in [3.63, 3.8) is 0 Å². The number of phenolic OH excluding ortho intramolecular Hbond substituents is 1. The summed E-state index contributed by atoms with van der Waals surface area (Å²) in [5.41, 5.74) is 2.76. The number of phenols is 1. The second-order valence-electron chi connectivity index (χ2n) is 10.7. The highest BCUT2D eigenvalue weighted by atomic mass is 16.5. The maximum absolute atomic E-state index is 13.5. The fourth-order valence-corrected chi connectivity index (χ4v) is 5.81. The summed E-state index contributed by atoms with van der Waals surface area (Å²) in [5, 5.41) is 10.3. The summed E-state index contributed by atoms with van der Waals surface area (Å²) in [6.45, 7) is 13.5. The van der Waals surface area contributed by atoms with Crippen molar-refractivity contribution in [2.45, 2.75) is 45.7 Å². The van der Waals surface area contributed by atoms with E-state index in [0.29, 0.717) is 44.4 Å². The fraction of sp³-hybridized carbons (Fsp3) is 0.548. The number of carbonyl (C=O) groups excluding carboxylic acids is 2. The normalized spacial score (nSPS) is 20.1. The van der Waals surface area contributed by atoms with Gasteiger partial charge in [-0.1, -0.05) is 37.6 Å². The Labute approximate surface area is 233 Å². The number of hydrogen-bond acceptors (Lipinski definition) is 7. The molecule has 0 aliphatic carbocycles. The van der Waals surface area contributed by atoms with Crippen LogP contribution in [0.2, 0.25) is 0 Å². The minimum Gasteiger partial charge on any atom is -0.508 e. The van der Waals surface area contributed by atoms with Crippen LogP contribution in [0.15, 0.2) is 48.5 Å². The first-order valence-corrected chi connectivity index (χ1v) is 14.4. The first-order chi connectivity index (χ1) is 18.9. The molecule has 2 heterocycles. The molecule has 2 unspecified atom stereocenters. The van der Waals surface area contributed by atoms with Gasteiger partial charge in [0, 0.05) is 57.4 Å². The molecule has 2 aromatic rings. The van der Waals surface area contributed by atoms with E-state index in [2.05, 4.69) is 35.8 Å². The number of nitrogens with zero attached hydrogens (tertiary/aromatic N) is 4. The van der Waals surface area contributed by atoms with Crippen molar-refractivity contribution < 1.29 is 19.4 Å². The highest BCUT2D eigenvalue weighted by molar-refractivity contribution is 5.94. The molecule has 2 aliphatic heterocycles. The van der Waals surface area contributed by atoms with Gasteiger partial charge in [0.1, 0.15) is 5.75 Å². The molecule has 1 N–H and O–H groups in total. The summed E-state index contributed by atoms with van der Waals surface area (Å²) in [4.78, 5) is 34.3. The second kappa shape index (κ2) is 13.9. The molecular weight excluding hydrogens is 492 g/mol. The molecule has 8 heteroatoms. The first kappa shape index (κ1) is 29.1. The number of benzene rings is 2. The van der Waals surface area contributed by atoms with E-state index in [4.69, 9.17) is 4.74 Å². The summed E-state index contributed by atoms with van der Waals surface area (Å²) < 4.78 is 5.06. The number of amides is 1. The van der Waals surface area contributed by atoms with Gasteiger partial charge in [0.15, 0.2) is 0 Å². The molecule has 2 aliphatic rings. The van der Waals surface area contributed by atoms with Gasteiger partial charge in [-0.25, -0.2) is 0 Å². The van der Waals surface area contributed by atoms with Gasteiger partial charge in [-0.05, 0) is 62.2 Å². The van der Waals surface area contributed by atoms with Crippen molar-refractivity contribution in [1.29, 1.82) is 0 Å². The van der Waals surface area contributed by atoms with Crippen LogP contribution in [-0.4, -0.2) is 108 Å². The molecule has 0 saturated carbocycles. The topological polar surface area (TPSA) is 76.6 Å². The van der Waals surface area contributed by atoms with Gasteiger partial charge in [-0.3, -0.25) is 19.4 Å².